The van der Waals surface area contributed by atoms with Gasteiger partial charge in [0.1, 0.15) is 16.9 Å². The number of halogens is 1. The van der Waals surface area contributed by atoms with E-state index >= 15 is 0 Å². The van der Waals surface area contributed by atoms with Crippen LogP contribution in [0.15, 0.2) is 12.1 Å². The lowest BCUT2D eigenvalue weighted by molar-refractivity contribution is -0.384. The quantitative estimate of drug-likeness (QED) is 0.683. The Labute approximate surface area is 123 Å². The molecule has 2 rings (SSSR count). The van der Waals surface area contributed by atoms with Crippen molar-refractivity contribution in [2.75, 3.05) is 7.05 Å². The summed E-state index contributed by atoms with van der Waals surface area (Å²) < 4.78 is 6.04. The molecule has 1 N–H and O–H groups in total. The number of hydrogen-bond donors (Lipinski definition) is 1. The first kappa shape index (κ1) is 15.1. The maximum Gasteiger partial charge on any atom is 0.288 e. The van der Waals surface area contributed by atoms with Gasteiger partial charge < -0.3 is 10.1 Å². The van der Waals surface area contributed by atoms with Crippen molar-refractivity contribution in [2.45, 2.75) is 44.8 Å². The summed E-state index contributed by atoms with van der Waals surface area (Å²) in [5.74, 6) is 0.632. The molecule has 1 aromatic rings. The maximum atomic E-state index is 10.8. The smallest absolute Gasteiger partial charge is 0.288 e. The SMILES string of the molecule is CNC1CCCCC1Oc1cc(Cl)c([N+](=O)[O-])cc1C. The van der Waals surface area contributed by atoms with E-state index < -0.39 is 4.92 Å². The predicted octanol–water partition coefficient (Wildman–Crippen LogP) is 3.47. The molecule has 1 fully saturated rings. The number of benzene rings is 1. The fourth-order valence-corrected chi connectivity index (χ4v) is 2.87. The lowest BCUT2D eigenvalue weighted by Crippen LogP contribution is -2.43. The number of nitro benzene ring substituents is 1. The Bertz CT molecular complexity index is 507. The Balaban J connectivity index is 2.20. The Morgan fingerprint density at radius 3 is 2.75 bits per heavy atom. The summed E-state index contributed by atoms with van der Waals surface area (Å²) >= 11 is 5.95. The Kier molecular flexibility index (Phi) is 4.83. The van der Waals surface area contributed by atoms with Gasteiger partial charge in [-0.05, 0) is 38.8 Å². The molecule has 20 heavy (non-hydrogen) atoms. The van der Waals surface area contributed by atoms with Gasteiger partial charge in [-0.2, -0.15) is 0 Å². The van der Waals surface area contributed by atoms with Crippen LogP contribution in [-0.4, -0.2) is 24.1 Å². The third kappa shape index (κ3) is 3.22. The third-order valence-electron chi connectivity index (χ3n) is 3.79. The number of hydrogen-bond acceptors (Lipinski definition) is 4. The zero-order valence-electron chi connectivity index (χ0n) is 11.7. The number of nitro groups is 1. The van der Waals surface area contributed by atoms with E-state index in [1.54, 1.807) is 13.0 Å². The van der Waals surface area contributed by atoms with E-state index in [2.05, 4.69) is 5.32 Å². The molecule has 2 unspecified atom stereocenters. The van der Waals surface area contributed by atoms with Gasteiger partial charge in [0.2, 0.25) is 0 Å². The summed E-state index contributed by atoms with van der Waals surface area (Å²) in [5, 5.41) is 14.2. The molecule has 0 aliphatic heterocycles. The lowest BCUT2D eigenvalue weighted by Gasteiger charge is -2.32. The van der Waals surface area contributed by atoms with E-state index in [1.165, 1.54) is 12.5 Å². The molecule has 110 valence electrons. The highest BCUT2D eigenvalue weighted by Crippen LogP contribution is 2.34. The van der Waals surface area contributed by atoms with E-state index in [-0.39, 0.29) is 16.8 Å². The van der Waals surface area contributed by atoms with Gasteiger partial charge in [0.05, 0.1) is 4.92 Å². The molecule has 5 nitrogen and oxygen atoms in total. The summed E-state index contributed by atoms with van der Waals surface area (Å²) in [5.41, 5.74) is 0.659. The standard InChI is InChI=1S/C14H19ClN2O3/c1-9-7-12(17(18)19)10(15)8-14(9)20-13-6-4-3-5-11(13)16-2/h7-8,11,13,16H,3-6H2,1-2H3. The highest BCUT2D eigenvalue weighted by atomic mass is 35.5. The molecule has 0 bridgehead atoms. The van der Waals surface area contributed by atoms with Crippen LogP contribution in [0, 0.1) is 17.0 Å². The van der Waals surface area contributed by atoms with Crippen molar-refractivity contribution in [3.05, 3.63) is 32.8 Å². The average Bonchev–Trinajstić information content (AvgIpc) is 2.42. The molecule has 1 aliphatic carbocycles. The van der Waals surface area contributed by atoms with Crippen LogP contribution in [0.25, 0.3) is 0 Å². The highest BCUT2D eigenvalue weighted by molar-refractivity contribution is 6.32. The van der Waals surface area contributed by atoms with Crippen molar-refractivity contribution in [1.82, 2.24) is 5.32 Å². The summed E-state index contributed by atoms with van der Waals surface area (Å²) in [6.07, 6.45) is 4.50. The van der Waals surface area contributed by atoms with E-state index in [0.717, 1.165) is 24.8 Å². The number of aryl methyl sites for hydroxylation is 1. The van der Waals surface area contributed by atoms with Gasteiger partial charge in [0.25, 0.3) is 5.69 Å². The molecule has 0 amide bonds. The number of likely N-dealkylation sites (N-methyl/N-ethyl adjacent to an activating group) is 1. The van der Waals surface area contributed by atoms with Gasteiger partial charge in [-0.25, -0.2) is 0 Å². The zero-order chi connectivity index (χ0) is 14.7. The summed E-state index contributed by atoms with van der Waals surface area (Å²) in [4.78, 5) is 10.4. The highest BCUT2D eigenvalue weighted by Gasteiger charge is 2.26. The first-order chi connectivity index (χ1) is 9.52. The molecule has 2 atom stereocenters. The molecule has 0 saturated heterocycles. The summed E-state index contributed by atoms with van der Waals surface area (Å²) in [6.45, 7) is 1.80. The molecule has 1 aromatic carbocycles. The van der Waals surface area contributed by atoms with E-state index in [9.17, 15) is 10.1 Å². The van der Waals surface area contributed by atoms with Crippen molar-refractivity contribution < 1.29 is 9.66 Å². The molecule has 0 heterocycles. The summed E-state index contributed by atoms with van der Waals surface area (Å²) in [7, 11) is 1.93. The van der Waals surface area contributed by atoms with Crippen molar-refractivity contribution >= 4 is 17.3 Å². The Morgan fingerprint density at radius 1 is 1.40 bits per heavy atom. The molecule has 6 heteroatoms. The van der Waals surface area contributed by atoms with Crippen LogP contribution in [0.4, 0.5) is 5.69 Å². The normalized spacial score (nSPS) is 22.6. The van der Waals surface area contributed by atoms with Crippen LogP contribution in [0.1, 0.15) is 31.2 Å². The zero-order valence-corrected chi connectivity index (χ0v) is 12.4. The van der Waals surface area contributed by atoms with Crippen LogP contribution in [-0.2, 0) is 0 Å². The number of nitrogens with zero attached hydrogens (tertiary/aromatic N) is 1. The van der Waals surface area contributed by atoms with Gasteiger partial charge in [-0.1, -0.05) is 18.0 Å². The van der Waals surface area contributed by atoms with Crippen LogP contribution >= 0.6 is 11.6 Å². The monoisotopic (exact) mass is 298 g/mol. The largest absolute Gasteiger partial charge is 0.488 e. The first-order valence-corrected chi connectivity index (χ1v) is 7.19. The fourth-order valence-electron chi connectivity index (χ4n) is 2.65. The second kappa shape index (κ2) is 6.41. The number of rotatable bonds is 4. The minimum absolute atomic E-state index is 0.0784. The van der Waals surface area contributed by atoms with E-state index in [1.807, 2.05) is 7.05 Å². The first-order valence-electron chi connectivity index (χ1n) is 6.81. The average molecular weight is 299 g/mol. The summed E-state index contributed by atoms with van der Waals surface area (Å²) in [6, 6.07) is 3.34. The van der Waals surface area contributed by atoms with Gasteiger partial charge in [-0.15, -0.1) is 0 Å². The minimum Gasteiger partial charge on any atom is -0.488 e. The molecule has 1 saturated carbocycles. The molecule has 0 radical (unpaired) electrons. The molecular formula is C14H19ClN2O3. The molecule has 0 aromatic heterocycles. The van der Waals surface area contributed by atoms with Crippen molar-refractivity contribution in [2.24, 2.45) is 0 Å². The van der Waals surface area contributed by atoms with Gasteiger partial charge in [0.15, 0.2) is 0 Å². The van der Waals surface area contributed by atoms with Crippen molar-refractivity contribution in [3.63, 3.8) is 0 Å². The van der Waals surface area contributed by atoms with Gasteiger partial charge in [-0.3, -0.25) is 10.1 Å². The Hall–Kier alpha value is -1.33. The van der Waals surface area contributed by atoms with Crippen molar-refractivity contribution in [3.8, 4) is 5.75 Å². The maximum absolute atomic E-state index is 10.8. The van der Waals surface area contributed by atoms with Crippen LogP contribution < -0.4 is 10.1 Å². The fraction of sp³-hybridized carbons (Fsp3) is 0.571. The topological polar surface area (TPSA) is 64.4 Å². The second-order valence-corrected chi connectivity index (χ2v) is 5.57. The van der Waals surface area contributed by atoms with Gasteiger partial charge >= 0.3 is 0 Å². The van der Waals surface area contributed by atoms with Gasteiger partial charge in [0, 0.05) is 18.2 Å². The number of nitrogens with one attached hydrogen (secondary N) is 1. The third-order valence-corrected chi connectivity index (χ3v) is 4.10. The lowest BCUT2D eigenvalue weighted by atomic mass is 9.92. The van der Waals surface area contributed by atoms with Crippen LogP contribution in [0.3, 0.4) is 0 Å². The predicted molar refractivity (Wildman–Crippen MR) is 78.6 cm³/mol. The number of ether oxygens (including phenoxy) is 1. The molecule has 0 spiro atoms. The second-order valence-electron chi connectivity index (χ2n) is 5.16. The Morgan fingerprint density at radius 2 is 2.10 bits per heavy atom. The molecular weight excluding hydrogens is 280 g/mol. The van der Waals surface area contributed by atoms with E-state index in [4.69, 9.17) is 16.3 Å². The van der Waals surface area contributed by atoms with Crippen LogP contribution in [0.5, 0.6) is 5.75 Å². The van der Waals surface area contributed by atoms with E-state index in [0.29, 0.717) is 11.8 Å². The minimum atomic E-state index is -0.476. The molecule has 1 aliphatic rings. The van der Waals surface area contributed by atoms with Crippen LogP contribution in [0.2, 0.25) is 5.02 Å². The van der Waals surface area contributed by atoms with Crippen molar-refractivity contribution in [1.29, 1.82) is 0 Å².